The number of anilines is 1. The van der Waals surface area contributed by atoms with Crippen LogP contribution in [0.3, 0.4) is 0 Å². The maximum atomic E-state index is 9.67. The lowest BCUT2D eigenvalue weighted by Gasteiger charge is -2.42. The van der Waals surface area contributed by atoms with Crippen LogP contribution >= 0.6 is 0 Å². The smallest absolute Gasteiger partial charge is 0.124 e. The van der Waals surface area contributed by atoms with E-state index < -0.39 is 0 Å². The molecular formula is C17H26N4. The van der Waals surface area contributed by atoms with E-state index in [1.54, 1.807) is 0 Å². The SMILES string of the molecule is CCC1CN(C)CCN1C(C#N)c1ccc(N(C)C)cc1. The van der Waals surface area contributed by atoms with Crippen LogP contribution < -0.4 is 4.90 Å². The second-order valence-electron chi connectivity index (χ2n) is 6.08. The highest BCUT2D eigenvalue weighted by Crippen LogP contribution is 2.27. The highest BCUT2D eigenvalue weighted by Gasteiger charge is 2.30. The average Bonchev–Trinajstić information content (AvgIpc) is 2.49. The first kappa shape index (κ1) is 15.8. The molecule has 0 aliphatic carbocycles. The predicted molar refractivity (Wildman–Crippen MR) is 87.4 cm³/mol. The molecule has 114 valence electrons. The molecule has 21 heavy (non-hydrogen) atoms. The molecule has 1 heterocycles. The Morgan fingerprint density at radius 3 is 2.48 bits per heavy atom. The minimum atomic E-state index is -0.139. The highest BCUT2D eigenvalue weighted by atomic mass is 15.3. The summed E-state index contributed by atoms with van der Waals surface area (Å²) in [6.45, 7) is 5.25. The Balaban J connectivity index is 2.20. The second kappa shape index (κ2) is 6.93. The van der Waals surface area contributed by atoms with Crippen molar-refractivity contribution in [2.45, 2.75) is 25.4 Å². The molecule has 2 unspecified atom stereocenters. The van der Waals surface area contributed by atoms with Gasteiger partial charge in [0.2, 0.25) is 0 Å². The normalized spacial score (nSPS) is 21.8. The van der Waals surface area contributed by atoms with Crippen LogP contribution in [0.25, 0.3) is 0 Å². The summed E-state index contributed by atoms with van der Waals surface area (Å²) < 4.78 is 0. The molecule has 1 aliphatic heterocycles. The molecule has 0 spiro atoms. The van der Waals surface area contributed by atoms with Gasteiger partial charge >= 0.3 is 0 Å². The number of piperazine rings is 1. The predicted octanol–water partition coefficient (Wildman–Crippen LogP) is 2.34. The summed E-state index contributed by atoms with van der Waals surface area (Å²) >= 11 is 0. The van der Waals surface area contributed by atoms with E-state index >= 15 is 0 Å². The summed E-state index contributed by atoms with van der Waals surface area (Å²) in [4.78, 5) is 6.80. The Morgan fingerprint density at radius 2 is 1.95 bits per heavy atom. The standard InChI is InChI=1S/C17H26N4/c1-5-15-13-20(4)10-11-21(15)17(12-18)14-6-8-16(9-7-14)19(2)3/h6-9,15,17H,5,10-11,13H2,1-4H3. The summed E-state index contributed by atoms with van der Waals surface area (Å²) in [5.74, 6) is 0. The molecule has 1 aromatic carbocycles. The van der Waals surface area contributed by atoms with Crippen molar-refractivity contribution in [2.24, 2.45) is 0 Å². The van der Waals surface area contributed by atoms with E-state index in [-0.39, 0.29) is 6.04 Å². The molecule has 1 fully saturated rings. The average molecular weight is 286 g/mol. The number of nitriles is 1. The second-order valence-corrected chi connectivity index (χ2v) is 6.08. The fourth-order valence-electron chi connectivity index (χ4n) is 3.02. The van der Waals surface area contributed by atoms with Gasteiger partial charge in [-0.15, -0.1) is 0 Å². The Kier molecular flexibility index (Phi) is 5.22. The zero-order valence-electron chi connectivity index (χ0n) is 13.6. The zero-order chi connectivity index (χ0) is 15.4. The molecule has 0 bridgehead atoms. The lowest BCUT2D eigenvalue weighted by Crippen LogP contribution is -2.52. The fourth-order valence-corrected chi connectivity index (χ4v) is 3.02. The van der Waals surface area contributed by atoms with Gasteiger partial charge in [-0.25, -0.2) is 0 Å². The van der Waals surface area contributed by atoms with Gasteiger partial charge in [0, 0.05) is 45.5 Å². The Morgan fingerprint density at radius 1 is 1.29 bits per heavy atom. The van der Waals surface area contributed by atoms with E-state index in [9.17, 15) is 5.26 Å². The number of hydrogen-bond acceptors (Lipinski definition) is 4. The van der Waals surface area contributed by atoms with Crippen LogP contribution in [0.1, 0.15) is 24.9 Å². The van der Waals surface area contributed by atoms with E-state index in [4.69, 9.17) is 0 Å². The summed E-state index contributed by atoms with van der Waals surface area (Å²) in [7, 11) is 6.22. The Labute approximate surface area is 128 Å². The van der Waals surface area contributed by atoms with E-state index in [1.165, 1.54) is 5.69 Å². The first-order valence-corrected chi connectivity index (χ1v) is 7.68. The summed E-state index contributed by atoms with van der Waals surface area (Å²) in [6.07, 6.45) is 1.08. The van der Waals surface area contributed by atoms with E-state index in [0.717, 1.165) is 31.6 Å². The monoisotopic (exact) mass is 286 g/mol. The van der Waals surface area contributed by atoms with Gasteiger partial charge in [0.25, 0.3) is 0 Å². The zero-order valence-corrected chi connectivity index (χ0v) is 13.6. The molecule has 2 atom stereocenters. The molecule has 0 radical (unpaired) electrons. The number of benzene rings is 1. The minimum Gasteiger partial charge on any atom is -0.378 e. The maximum Gasteiger partial charge on any atom is 0.124 e. The lowest BCUT2D eigenvalue weighted by atomic mass is 10.0. The van der Waals surface area contributed by atoms with E-state index in [2.05, 4.69) is 59.0 Å². The van der Waals surface area contributed by atoms with Gasteiger partial charge in [0.05, 0.1) is 6.07 Å². The van der Waals surface area contributed by atoms with Crippen molar-refractivity contribution in [3.8, 4) is 6.07 Å². The summed E-state index contributed by atoms with van der Waals surface area (Å²) in [5, 5.41) is 9.67. The van der Waals surface area contributed by atoms with Crippen LogP contribution in [0.5, 0.6) is 0 Å². The number of rotatable bonds is 4. The molecule has 4 heteroatoms. The van der Waals surface area contributed by atoms with E-state index in [0.29, 0.717) is 6.04 Å². The van der Waals surface area contributed by atoms with Crippen molar-refractivity contribution in [1.29, 1.82) is 5.26 Å². The van der Waals surface area contributed by atoms with Crippen molar-refractivity contribution >= 4 is 5.69 Å². The molecule has 1 saturated heterocycles. The first-order valence-electron chi connectivity index (χ1n) is 7.68. The van der Waals surface area contributed by atoms with Gasteiger partial charge in [-0.1, -0.05) is 19.1 Å². The highest BCUT2D eigenvalue weighted by molar-refractivity contribution is 5.47. The van der Waals surface area contributed by atoms with Crippen LogP contribution in [-0.4, -0.2) is 56.6 Å². The third-order valence-electron chi connectivity index (χ3n) is 4.38. The van der Waals surface area contributed by atoms with E-state index in [1.807, 2.05) is 14.1 Å². The summed E-state index contributed by atoms with van der Waals surface area (Å²) in [5.41, 5.74) is 2.27. The fraction of sp³-hybridized carbons (Fsp3) is 0.588. The van der Waals surface area contributed by atoms with Crippen LogP contribution in [0.4, 0.5) is 5.69 Å². The maximum absolute atomic E-state index is 9.67. The largest absolute Gasteiger partial charge is 0.378 e. The van der Waals surface area contributed by atoms with Crippen LogP contribution in [0, 0.1) is 11.3 Å². The third-order valence-corrected chi connectivity index (χ3v) is 4.38. The first-order chi connectivity index (χ1) is 10.1. The van der Waals surface area contributed by atoms with Crippen LogP contribution in [-0.2, 0) is 0 Å². The van der Waals surface area contributed by atoms with Crippen molar-refractivity contribution in [2.75, 3.05) is 45.7 Å². The Hall–Kier alpha value is -1.57. The van der Waals surface area contributed by atoms with Crippen molar-refractivity contribution in [3.05, 3.63) is 29.8 Å². The van der Waals surface area contributed by atoms with Gasteiger partial charge < -0.3 is 9.80 Å². The molecule has 1 aliphatic rings. The molecule has 0 amide bonds. The molecular weight excluding hydrogens is 260 g/mol. The minimum absolute atomic E-state index is 0.139. The number of likely N-dealkylation sites (N-methyl/N-ethyl adjacent to an activating group) is 1. The molecule has 0 saturated carbocycles. The lowest BCUT2D eigenvalue weighted by molar-refractivity contribution is 0.0676. The molecule has 1 aromatic rings. The Bertz CT molecular complexity index is 489. The number of hydrogen-bond donors (Lipinski definition) is 0. The van der Waals surface area contributed by atoms with Crippen molar-refractivity contribution < 1.29 is 0 Å². The van der Waals surface area contributed by atoms with Gasteiger partial charge in [0.1, 0.15) is 6.04 Å². The summed E-state index contributed by atoms with van der Waals surface area (Å²) in [6, 6.07) is 11.2. The van der Waals surface area contributed by atoms with Gasteiger partial charge in [-0.3, -0.25) is 4.90 Å². The van der Waals surface area contributed by atoms with Crippen LogP contribution in [0.2, 0.25) is 0 Å². The van der Waals surface area contributed by atoms with Crippen LogP contribution in [0.15, 0.2) is 24.3 Å². The van der Waals surface area contributed by atoms with Gasteiger partial charge in [0.15, 0.2) is 0 Å². The topological polar surface area (TPSA) is 33.5 Å². The molecule has 2 rings (SSSR count). The van der Waals surface area contributed by atoms with Crippen molar-refractivity contribution in [1.82, 2.24) is 9.80 Å². The molecule has 4 nitrogen and oxygen atoms in total. The van der Waals surface area contributed by atoms with Gasteiger partial charge in [-0.2, -0.15) is 5.26 Å². The third kappa shape index (κ3) is 3.55. The molecule has 0 N–H and O–H groups in total. The number of nitrogens with zero attached hydrogens (tertiary/aromatic N) is 4. The molecule has 0 aromatic heterocycles. The van der Waals surface area contributed by atoms with Crippen molar-refractivity contribution in [3.63, 3.8) is 0 Å². The van der Waals surface area contributed by atoms with Gasteiger partial charge in [-0.05, 0) is 31.2 Å². The quantitative estimate of drug-likeness (QED) is 0.851.